The van der Waals surface area contributed by atoms with E-state index >= 15 is 0 Å². The maximum Gasteiger partial charge on any atom is 0.305 e. The normalized spacial score (nSPS) is 11.0. The summed E-state index contributed by atoms with van der Waals surface area (Å²) in [6.45, 7) is 2.57. The fourth-order valence-corrected chi connectivity index (χ4v) is 1.74. The Kier molecular flexibility index (Phi) is 8.11. The third-order valence-corrected chi connectivity index (χ3v) is 3.01. The molecule has 0 aliphatic rings. The third kappa shape index (κ3) is 7.45. The van der Waals surface area contributed by atoms with Crippen LogP contribution in [-0.2, 0) is 9.53 Å². The van der Waals surface area contributed by atoms with E-state index in [1.54, 1.807) is 12.3 Å². The summed E-state index contributed by atoms with van der Waals surface area (Å²) >= 11 is 5.11. The fraction of sp³-hybridized carbons (Fsp3) is 0.500. The Morgan fingerprint density at radius 3 is 2.90 bits per heavy atom. The molecule has 21 heavy (non-hydrogen) atoms. The molecule has 6 nitrogen and oxygen atoms in total. The van der Waals surface area contributed by atoms with Gasteiger partial charge in [-0.25, -0.2) is 0 Å². The molecule has 0 saturated carbocycles. The van der Waals surface area contributed by atoms with Crippen LogP contribution in [-0.4, -0.2) is 30.4 Å². The molecule has 1 aromatic rings. The first-order valence-corrected chi connectivity index (χ1v) is 7.23. The Bertz CT molecular complexity index is 472. The number of carbonyl (C=O) groups excluding carboxylic acids is 1. The number of furan rings is 1. The second kappa shape index (κ2) is 9.93. The van der Waals surface area contributed by atoms with Crippen molar-refractivity contribution < 1.29 is 13.9 Å². The van der Waals surface area contributed by atoms with Gasteiger partial charge in [0, 0.05) is 13.0 Å². The molecule has 0 fully saturated rings. The molecule has 1 aromatic heterocycles. The monoisotopic (exact) mass is 311 g/mol. The smallest absolute Gasteiger partial charge is 0.305 e. The number of ether oxygens (including phenoxy) is 1. The second-order valence-corrected chi connectivity index (χ2v) is 4.84. The number of methoxy groups -OCH3 is 1. The van der Waals surface area contributed by atoms with Gasteiger partial charge in [-0.05, 0) is 44.1 Å². The molecular weight excluding hydrogens is 290 g/mol. The number of unbranched alkanes of at least 4 members (excludes halogenated alkanes) is 2. The van der Waals surface area contributed by atoms with Crippen LogP contribution in [0.5, 0.6) is 0 Å². The highest BCUT2D eigenvalue weighted by atomic mass is 32.1. The minimum Gasteiger partial charge on any atom is -0.469 e. The van der Waals surface area contributed by atoms with E-state index in [1.165, 1.54) is 7.11 Å². The summed E-state index contributed by atoms with van der Waals surface area (Å²) in [7, 11) is 1.40. The second-order valence-electron chi connectivity index (χ2n) is 4.43. The van der Waals surface area contributed by atoms with E-state index < -0.39 is 0 Å². The molecule has 1 rings (SSSR count). The lowest BCUT2D eigenvalue weighted by atomic mass is 10.2. The zero-order valence-electron chi connectivity index (χ0n) is 12.3. The van der Waals surface area contributed by atoms with Gasteiger partial charge in [-0.1, -0.05) is 6.42 Å². The molecule has 0 saturated heterocycles. The number of nitrogens with zero attached hydrogens (tertiary/aromatic N) is 1. The summed E-state index contributed by atoms with van der Waals surface area (Å²) in [6.07, 6.45) is 4.76. The van der Waals surface area contributed by atoms with Crippen molar-refractivity contribution in [2.45, 2.75) is 32.6 Å². The number of rotatable bonds is 8. The first kappa shape index (κ1) is 17.2. The van der Waals surface area contributed by atoms with Crippen molar-refractivity contribution >= 4 is 29.0 Å². The van der Waals surface area contributed by atoms with E-state index in [4.69, 9.17) is 16.6 Å². The molecule has 1 heterocycles. The fourth-order valence-electron chi connectivity index (χ4n) is 1.59. The minimum absolute atomic E-state index is 0.164. The Labute approximate surface area is 129 Å². The van der Waals surface area contributed by atoms with Gasteiger partial charge in [0.05, 0.1) is 13.4 Å². The lowest BCUT2D eigenvalue weighted by Crippen LogP contribution is -2.33. The topological polar surface area (TPSA) is 75.9 Å². The highest BCUT2D eigenvalue weighted by Crippen LogP contribution is 2.01. The number of hydrogen-bond donors (Lipinski definition) is 2. The molecule has 0 radical (unpaired) electrons. The van der Waals surface area contributed by atoms with Gasteiger partial charge < -0.3 is 14.5 Å². The first-order chi connectivity index (χ1) is 10.1. The van der Waals surface area contributed by atoms with Crippen LogP contribution in [0.25, 0.3) is 0 Å². The zero-order valence-corrected chi connectivity index (χ0v) is 13.2. The van der Waals surface area contributed by atoms with Crippen molar-refractivity contribution in [3.8, 4) is 0 Å². The Balaban J connectivity index is 2.09. The SMILES string of the molecule is COC(=O)CCCCCNC(=S)N/N=C(/C)c1ccco1. The highest BCUT2D eigenvalue weighted by Gasteiger charge is 2.01. The van der Waals surface area contributed by atoms with Crippen LogP contribution in [0, 0.1) is 0 Å². The maximum absolute atomic E-state index is 10.9. The Morgan fingerprint density at radius 1 is 1.43 bits per heavy atom. The van der Waals surface area contributed by atoms with Crippen molar-refractivity contribution in [3.63, 3.8) is 0 Å². The molecule has 0 spiro atoms. The van der Waals surface area contributed by atoms with E-state index in [9.17, 15) is 4.79 Å². The van der Waals surface area contributed by atoms with E-state index in [1.807, 2.05) is 13.0 Å². The number of hydrogen-bond acceptors (Lipinski definition) is 5. The lowest BCUT2D eigenvalue weighted by Gasteiger charge is -2.07. The Hall–Kier alpha value is -1.89. The molecule has 0 aliphatic carbocycles. The number of thiocarbonyl (C=S) groups is 1. The van der Waals surface area contributed by atoms with Crippen LogP contribution in [0.4, 0.5) is 0 Å². The lowest BCUT2D eigenvalue weighted by molar-refractivity contribution is -0.140. The number of hydrazone groups is 1. The molecule has 0 amide bonds. The van der Waals surface area contributed by atoms with Crippen LogP contribution in [0.2, 0.25) is 0 Å². The van der Waals surface area contributed by atoms with Gasteiger partial charge in [0.25, 0.3) is 0 Å². The predicted octanol–water partition coefficient (Wildman–Crippen LogP) is 2.20. The van der Waals surface area contributed by atoms with Crippen LogP contribution in [0.3, 0.4) is 0 Å². The minimum atomic E-state index is -0.164. The van der Waals surface area contributed by atoms with E-state index in [-0.39, 0.29) is 5.97 Å². The average Bonchev–Trinajstić information content (AvgIpc) is 3.02. The molecule has 0 bridgehead atoms. The quantitative estimate of drug-likeness (QED) is 0.252. The van der Waals surface area contributed by atoms with Gasteiger partial charge in [-0.15, -0.1) is 0 Å². The summed E-state index contributed by atoms with van der Waals surface area (Å²) in [5, 5.41) is 7.64. The zero-order chi connectivity index (χ0) is 15.5. The largest absolute Gasteiger partial charge is 0.469 e. The van der Waals surface area contributed by atoms with E-state index in [0.29, 0.717) is 17.3 Å². The van der Waals surface area contributed by atoms with E-state index in [2.05, 4.69) is 20.6 Å². The summed E-state index contributed by atoms with van der Waals surface area (Å²) in [4.78, 5) is 10.9. The molecule has 0 atom stereocenters. The Morgan fingerprint density at radius 2 is 2.24 bits per heavy atom. The van der Waals surface area contributed by atoms with Gasteiger partial charge in [-0.2, -0.15) is 5.10 Å². The van der Waals surface area contributed by atoms with E-state index in [0.717, 1.165) is 31.5 Å². The molecule has 2 N–H and O–H groups in total. The number of carbonyl (C=O) groups is 1. The standard InChI is InChI=1S/C14H21N3O3S/c1-11(12-7-6-10-20-12)16-17-14(21)15-9-5-3-4-8-13(18)19-2/h6-7,10H,3-5,8-9H2,1-2H3,(H2,15,17,21)/b16-11-. The number of nitrogens with one attached hydrogen (secondary N) is 2. The molecule has 0 aromatic carbocycles. The molecule has 0 aliphatic heterocycles. The summed E-state index contributed by atoms with van der Waals surface area (Å²) < 4.78 is 9.78. The molecule has 0 unspecified atom stereocenters. The summed E-state index contributed by atoms with van der Waals surface area (Å²) in [5.74, 6) is 0.538. The maximum atomic E-state index is 10.9. The summed E-state index contributed by atoms with van der Waals surface area (Å²) in [6, 6.07) is 3.64. The first-order valence-electron chi connectivity index (χ1n) is 6.82. The number of esters is 1. The average molecular weight is 311 g/mol. The predicted molar refractivity (Wildman–Crippen MR) is 85.1 cm³/mol. The van der Waals surface area contributed by atoms with Crippen LogP contribution in [0.1, 0.15) is 38.4 Å². The van der Waals surface area contributed by atoms with Gasteiger partial charge in [0.2, 0.25) is 0 Å². The van der Waals surface area contributed by atoms with Gasteiger partial charge in [0.15, 0.2) is 5.11 Å². The van der Waals surface area contributed by atoms with Crippen molar-refractivity contribution in [2.24, 2.45) is 5.10 Å². The van der Waals surface area contributed by atoms with Crippen molar-refractivity contribution in [1.29, 1.82) is 0 Å². The van der Waals surface area contributed by atoms with Crippen molar-refractivity contribution in [3.05, 3.63) is 24.2 Å². The third-order valence-electron chi connectivity index (χ3n) is 2.77. The summed E-state index contributed by atoms with van der Waals surface area (Å²) in [5.41, 5.74) is 3.49. The van der Waals surface area contributed by atoms with Gasteiger partial charge in [0.1, 0.15) is 11.5 Å². The molecular formula is C14H21N3O3S. The van der Waals surface area contributed by atoms with Crippen molar-refractivity contribution in [2.75, 3.05) is 13.7 Å². The van der Waals surface area contributed by atoms with Gasteiger partial charge >= 0.3 is 5.97 Å². The highest BCUT2D eigenvalue weighted by molar-refractivity contribution is 7.80. The van der Waals surface area contributed by atoms with Crippen LogP contribution in [0.15, 0.2) is 27.9 Å². The van der Waals surface area contributed by atoms with Crippen molar-refractivity contribution in [1.82, 2.24) is 10.7 Å². The van der Waals surface area contributed by atoms with Gasteiger partial charge in [-0.3, -0.25) is 10.2 Å². The molecule has 7 heteroatoms. The van der Waals surface area contributed by atoms with Crippen LogP contribution < -0.4 is 10.7 Å². The van der Waals surface area contributed by atoms with Crippen LogP contribution >= 0.6 is 12.2 Å². The molecule has 116 valence electrons.